The van der Waals surface area contributed by atoms with Crippen molar-refractivity contribution in [3.05, 3.63) is 111 Å². The Balaban J connectivity index is -0.000000336. The molecule has 2 aromatic rings. The van der Waals surface area contributed by atoms with Crippen LogP contribution in [0.1, 0.15) is 17.2 Å². The van der Waals surface area contributed by atoms with Crippen molar-refractivity contribution in [1.29, 1.82) is 0 Å². The molecule has 0 heterocycles. The number of carbonyl (C=O) groups excluding carboxylic acids is 1. The molecule has 156 valence electrons. The van der Waals surface area contributed by atoms with Crippen molar-refractivity contribution in [2.75, 3.05) is 7.11 Å². The Kier molecular flexibility index (Phi) is 33.2. The van der Waals surface area contributed by atoms with E-state index in [-0.39, 0.29) is 29.1 Å². The van der Waals surface area contributed by atoms with E-state index in [2.05, 4.69) is 31.3 Å². The van der Waals surface area contributed by atoms with E-state index in [1.807, 2.05) is 60.7 Å². The van der Waals surface area contributed by atoms with Crippen LogP contribution in [0.3, 0.4) is 0 Å². The molecular weight excluding hydrogens is 432 g/mol. The van der Waals surface area contributed by atoms with Gasteiger partial charge in [0, 0.05) is 23.5 Å². The molecule has 1 unspecified atom stereocenters. The van der Waals surface area contributed by atoms with Gasteiger partial charge in [-0.3, -0.25) is 4.79 Å². The van der Waals surface area contributed by atoms with Crippen LogP contribution in [0.2, 0.25) is 0 Å². The Morgan fingerprint density at radius 3 is 1.73 bits per heavy atom. The summed E-state index contributed by atoms with van der Waals surface area (Å²) in [6.45, 7) is 18.5. The third kappa shape index (κ3) is 17.4. The van der Waals surface area contributed by atoms with Crippen molar-refractivity contribution >= 4 is 5.97 Å². The van der Waals surface area contributed by atoms with Gasteiger partial charge >= 0.3 is 51.2 Å². The summed E-state index contributed by atoms with van der Waals surface area (Å²) >= 11 is 0. The summed E-state index contributed by atoms with van der Waals surface area (Å²) in [5.41, 5.74) is 2.08. The number of hydrogen-bond donors (Lipinski definition) is 0. The standard InChI is InChI=1S/C18H18O3.4CO.Fe/c1-20-18(19)13-12-17(16-10-6-3-7-11-16)21-14-15-8-4-2-5-9-15;4*1-2;/h2-13,17H,14H2,1H3;;;;;. The summed E-state index contributed by atoms with van der Waals surface area (Å²) in [6, 6.07) is 19.7. The maximum absolute atomic E-state index is 11.3. The van der Waals surface area contributed by atoms with E-state index in [4.69, 9.17) is 23.3 Å². The van der Waals surface area contributed by atoms with Crippen molar-refractivity contribution in [3.63, 3.8) is 0 Å². The molecule has 1 atom stereocenters. The Labute approximate surface area is 187 Å². The van der Waals surface area contributed by atoms with Gasteiger partial charge in [-0.05, 0) is 11.1 Å². The second-order valence-corrected chi connectivity index (χ2v) is 4.51. The maximum atomic E-state index is 11.3. The third-order valence-electron chi connectivity index (χ3n) is 3.01. The number of rotatable bonds is 7. The molecule has 0 saturated heterocycles. The molecule has 0 saturated carbocycles. The second kappa shape index (κ2) is 28.6. The zero-order valence-corrected chi connectivity index (χ0v) is 17.0. The largest absolute Gasteiger partial charge is 0 e. The van der Waals surface area contributed by atoms with Crippen molar-refractivity contribution in [1.82, 2.24) is 0 Å². The SMILES string of the molecule is COC(=O)[CH][CH]C(OCc1ccccc1)c1ccccc1.[C-]#[O+].[C-]#[O+].[C-]#[O+].[C-]#[O+].[Fe]. The molecular formula is C22H18FeO7. The summed E-state index contributed by atoms with van der Waals surface area (Å²) in [7, 11) is 1.36. The number of ether oxygens (including phenoxy) is 2. The molecule has 0 amide bonds. The molecule has 0 aliphatic carbocycles. The van der Waals surface area contributed by atoms with Gasteiger partial charge in [0.15, 0.2) is 0 Å². The van der Waals surface area contributed by atoms with Gasteiger partial charge in [0.25, 0.3) is 0 Å². The molecule has 8 heteroatoms. The first kappa shape index (κ1) is 34.8. The van der Waals surface area contributed by atoms with Gasteiger partial charge in [-0.1, -0.05) is 60.7 Å². The number of esters is 1. The predicted octanol–water partition coefficient (Wildman–Crippen LogP) is 3.37. The van der Waals surface area contributed by atoms with Crippen LogP contribution in [-0.4, -0.2) is 13.1 Å². The third-order valence-corrected chi connectivity index (χ3v) is 3.01. The summed E-state index contributed by atoms with van der Waals surface area (Å²) in [4.78, 5) is 11.3. The van der Waals surface area contributed by atoms with Crippen LogP contribution in [0.5, 0.6) is 0 Å². The van der Waals surface area contributed by atoms with Crippen LogP contribution in [-0.2, 0) is 56.6 Å². The van der Waals surface area contributed by atoms with E-state index >= 15 is 0 Å². The normalized spacial score (nSPS) is 8.57. The Bertz CT molecular complexity index is 686. The summed E-state index contributed by atoms with van der Waals surface area (Å²) in [6.07, 6.45) is 2.82. The minimum atomic E-state index is -0.390. The first-order chi connectivity index (χ1) is 14.3. The fourth-order valence-corrected chi connectivity index (χ4v) is 1.90. The van der Waals surface area contributed by atoms with Crippen molar-refractivity contribution in [2.24, 2.45) is 0 Å². The molecule has 0 N–H and O–H groups in total. The zero-order valence-electron chi connectivity index (χ0n) is 15.9. The van der Waals surface area contributed by atoms with Crippen LogP contribution in [0.25, 0.3) is 0 Å². The summed E-state index contributed by atoms with van der Waals surface area (Å²) in [5, 5.41) is 0. The summed E-state index contributed by atoms with van der Waals surface area (Å²) < 4.78 is 40.5. The molecule has 0 bridgehead atoms. The molecule has 0 aliphatic rings. The Hall–Kier alpha value is -2.65. The van der Waals surface area contributed by atoms with Crippen LogP contribution in [0, 0.1) is 39.4 Å². The smallest absolute Gasteiger partial charge is 0 e. The molecule has 2 rings (SSSR count). The monoisotopic (exact) mass is 450 g/mol. The zero-order chi connectivity index (χ0) is 22.9. The average molecular weight is 450 g/mol. The number of carbonyl (C=O) groups is 1. The van der Waals surface area contributed by atoms with Gasteiger partial charge in [-0.25, -0.2) is 0 Å². The molecule has 0 aromatic heterocycles. The Morgan fingerprint density at radius 1 is 0.867 bits per heavy atom. The fourth-order valence-electron chi connectivity index (χ4n) is 1.90. The van der Waals surface area contributed by atoms with Gasteiger partial charge in [-0.15, -0.1) is 0 Å². The van der Waals surface area contributed by atoms with E-state index in [1.165, 1.54) is 13.5 Å². The molecule has 2 radical (unpaired) electrons. The quantitative estimate of drug-likeness (QED) is 0.279. The molecule has 0 aliphatic heterocycles. The van der Waals surface area contributed by atoms with Gasteiger partial charge in [0.2, 0.25) is 0 Å². The molecule has 0 spiro atoms. The first-order valence-electron chi connectivity index (χ1n) is 7.58. The van der Waals surface area contributed by atoms with Gasteiger partial charge in [-0.2, -0.15) is 0 Å². The van der Waals surface area contributed by atoms with E-state index in [0.717, 1.165) is 11.1 Å². The Morgan fingerprint density at radius 2 is 1.30 bits per heavy atom. The topological polar surface area (TPSA) is 115 Å². The number of methoxy groups -OCH3 is 1. The second-order valence-electron chi connectivity index (χ2n) is 4.51. The van der Waals surface area contributed by atoms with Crippen molar-refractivity contribution < 1.29 is 49.9 Å². The minimum Gasteiger partial charge on any atom is 0 e. The van der Waals surface area contributed by atoms with Crippen molar-refractivity contribution in [2.45, 2.75) is 12.7 Å². The first-order valence-corrected chi connectivity index (χ1v) is 7.58. The van der Waals surface area contributed by atoms with Crippen LogP contribution in [0.4, 0.5) is 0 Å². The minimum absolute atomic E-state index is 0. The van der Waals surface area contributed by atoms with E-state index in [1.54, 1.807) is 6.42 Å². The maximum Gasteiger partial charge on any atom is 0 e. The molecule has 7 nitrogen and oxygen atoms in total. The van der Waals surface area contributed by atoms with Gasteiger partial charge in [0.1, 0.15) is 0 Å². The molecule has 2 aromatic carbocycles. The van der Waals surface area contributed by atoms with E-state index in [9.17, 15) is 4.79 Å². The van der Waals surface area contributed by atoms with Crippen LogP contribution < -0.4 is 0 Å². The van der Waals surface area contributed by atoms with Crippen LogP contribution in [0.15, 0.2) is 60.7 Å². The van der Waals surface area contributed by atoms with Crippen LogP contribution >= 0.6 is 0 Å². The molecule has 0 fully saturated rings. The van der Waals surface area contributed by atoms with Gasteiger partial charge in [0.05, 0.1) is 26.2 Å². The number of benzene rings is 2. The predicted molar refractivity (Wildman–Crippen MR) is 96.7 cm³/mol. The van der Waals surface area contributed by atoms with E-state index < -0.39 is 0 Å². The fraction of sp³-hybridized carbons (Fsp3) is 0.136. The number of hydrogen-bond acceptors (Lipinski definition) is 3. The molecule has 30 heavy (non-hydrogen) atoms. The summed E-state index contributed by atoms with van der Waals surface area (Å²) in [5.74, 6) is -0.390. The van der Waals surface area contributed by atoms with E-state index in [0.29, 0.717) is 6.61 Å². The van der Waals surface area contributed by atoms with Gasteiger partial charge < -0.3 is 9.47 Å². The average Bonchev–Trinajstić information content (AvgIpc) is 2.85. The van der Waals surface area contributed by atoms with Crippen molar-refractivity contribution in [3.8, 4) is 0 Å².